The molecule has 0 saturated heterocycles. The van der Waals surface area contributed by atoms with Gasteiger partial charge in [0, 0.05) is 25.4 Å². The molecular formula is C33H39NO3. The minimum Gasteiger partial charge on any atom is -0.396 e. The highest BCUT2D eigenvalue weighted by Crippen LogP contribution is 2.73. The third-order valence-corrected chi connectivity index (χ3v) is 11.8. The van der Waals surface area contributed by atoms with Gasteiger partial charge in [-0.1, -0.05) is 36.8 Å². The van der Waals surface area contributed by atoms with Crippen molar-refractivity contribution in [3.8, 4) is 11.1 Å². The number of hydrogen-bond donors (Lipinski definition) is 2. The Labute approximate surface area is 220 Å². The molecule has 194 valence electrons. The highest BCUT2D eigenvalue weighted by molar-refractivity contribution is 5.91. The van der Waals surface area contributed by atoms with E-state index in [1.807, 2.05) is 24.5 Å². The minimum atomic E-state index is -0.704. The number of pyridine rings is 1. The number of aromatic nitrogens is 1. The lowest BCUT2D eigenvalue weighted by molar-refractivity contribution is -0.146. The summed E-state index contributed by atoms with van der Waals surface area (Å²) in [5.74, 6) is 2.36. The number of allylic oxidation sites excluding steroid dienone is 1. The Morgan fingerprint density at radius 3 is 2.81 bits per heavy atom. The summed E-state index contributed by atoms with van der Waals surface area (Å²) in [4.78, 5) is 17.0. The Morgan fingerprint density at radius 1 is 1.11 bits per heavy atom. The Balaban J connectivity index is 1.38. The first kappa shape index (κ1) is 23.8. The zero-order valence-corrected chi connectivity index (χ0v) is 22.0. The molecule has 0 amide bonds. The predicted molar refractivity (Wildman–Crippen MR) is 144 cm³/mol. The molecule has 3 saturated carbocycles. The van der Waals surface area contributed by atoms with Crippen molar-refractivity contribution in [3.63, 3.8) is 0 Å². The first-order valence-electron chi connectivity index (χ1n) is 14.5. The van der Waals surface area contributed by atoms with Crippen molar-refractivity contribution in [2.24, 2.45) is 28.6 Å². The van der Waals surface area contributed by atoms with Gasteiger partial charge in [0.25, 0.3) is 0 Å². The third kappa shape index (κ3) is 3.27. The van der Waals surface area contributed by atoms with Gasteiger partial charge in [0.2, 0.25) is 0 Å². The number of carbonyl (C=O) groups excluding carboxylic acids is 1. The molecule has 1 aromatic carbocycles. The van der Waals surface area contributed by atoms with Gasteiger partial charge in [0.05, 0.1) is 5.60 Å². The van der Waals surface area contributed by atoms with Crippen LogP contribution in [-0.2, 0) is 11.2 Å². The van der Waals surface area contributed by atoms with Gasteiger partial charge in [-0.15, -0.1) is 0 Å². The van der Waals surface area contributed by atoms with E-state index in [0.717, 1.165) is 50.5 Å². The summed E-state index contributed by atoms with van der Waals surface area (Å²) < 4.78 is 0. The van der Waals surface area contributed by atoms with E-state index in [-0.39, 0.29) is 17.4 Å². The number of hydrogen-bond acceptors (Lipinski definition) is 4. The number of benzene rings is 1. The third-order valence-electron chi connectivity index (χ3n) is 11.8. The second-order valence-electron chi connectivity index (χ2n) is 13.1. The molecule has 1 aromatic heterocycles. The highest BCUT2D eigenvalue weighted by Gasteiger charge is 2.68. The maximum atomic E-state index is 12.6. The number of carbonyl (C=O) groups is 1. The molecule has 0 bridgehead atoms. The number of aliphatic hydroxyl groups is 2. The second-order valence-corrected chi connectivity index (χ2v) is 13.1. The maximum Gasteiger partial charge on any atom is 0.155 e. The van der Waals surface area contributed by atoms with E-state index in [1.165, 1.54) is 22.3 Å². The predicted octanol–water partition coefficient (Wildman–Crippen LogP) is 6.01. The van der Waals surface area contributed by atoms with Crippen molar-refractivity contribution in [2.45, 2.75) is 82.7 Å². The summed E-state index contributed by atoms with van der Waals surface area (Å²) >= 11 is 0. The van der Waals surface area contributed by atoms with E-state index in [1.54, 1.807) is 0 Å². The van der Waals surface area contributed by atoms with Crippen molar-refractivity contribution in [1.29, 1.82) is 0 Å². The van der Waals surface area contributed by atoms with Crippen LogP contribution in [0.5, 0.6) is 0 Å². The highest BCUT2D eigenvalue weighted by atomic mass is 16.3. The van der Waals surface area contributed by atoms with E-state index in [9.17, 15) is 15.0 Å². The maximum absolute atomic E-state index is 12.6. The summed E-state index contributed by atoms with van der Waals surface area (Å²) in [5.41, 5.74) is 5.92. The largest absolute Gasteiger partial charge is 0.396 e. The normalized spacial score (nSPS) is 39.8. The van der Waals surface area contributed by atoms with Gasteiger partial charge in [-0.3, -0.25) is 9.78 Å². The lowest BCUT2D eigenvalue weighted by Gasteiger charge is -2.65. The molecule has 5 aliphatic rings. The van der Waals surface area contributed by atoms with E-state index < -0.39 is 5.60 Å². The van der Waals surface area contributed by atoms with Gasteiger partial charge in [-0.2, -0.15) is 0 Å². The van der Waals surface area contributed by atoms with Crippen LogP contribution in [0.4, 0.5) is 0 Å². The monoisotopic (exact) mass is 497 g/mol. The molecule has 4 nitrogen and oxygen atoms in total. The van der Waals surface area contributed by atoms with Crippen LogP contribution in [0.25, 0.3) is 11.1 Å². The van der Waals surface area contributed by atoms with Crippen LogP contribution >= 0.6 is 0 Å². The molecule has 0 aliphatic heterocycles. The minimum absolute atomic E-state index is 0.0786. The van der Waals surface area contributed by atoms with Crippen molar-refractivity contribution in [2.75, 3.05) is 6.61 Å². The van der Waals surface area contributed by atoms with Crippen molar-refractivity contribution in [1.82, 2.24) is 4.98 Å². The van der Waals surface area contributed by atoms with Gasteiger partial charge < -0.3 is 10.2 Å². The molecule has 1 spiro atoms. The molecule has 5 aliphatic carbocycles. The zero-order valence-electron chi connectivity index (χ0n) is 22.0. The summed E-state index contributed by atoms with van der Waals surface area (Å²) in [5, 5.41) is 21.7. The fraction of sp³-hybridized carbons (Fsp3) is 0.576. The topological polar surface area (TPSA) is 70.4 Å². The van der Waals surface area contributed by atoms with Gasteiger partial charge >= 0.3 is 0 Å². The Kier molecular flexibility index (Phi) is 5.37. The first-order valence-corrected chi connectivity index (χ1v) is 14.5. The van der Waals surface area contributed by atoms with Crippen LogP contribution < -0.4 is 0 Å². The lowest BCUT2D eigenvalue weighted by atomic mass is 9.39. The van der Waals surface area contributed by atoms with Crippen LogP contribution in [0.3, 0.4) is 0 Å². The van der Waals surface area contributed by atoms with Gasteiger partial charge in [0.15, 0.2) is 5.78 Å². The Morgan fingerprint density at radius 2 is 2.00 bits per heavy atom. The molecule has 2 N–H and O–H groups in total. The fourth-order valence-corrected chi connectivity index (χ4v) is 10.2. The van der Waals surface area contributed by atoms with Gasteiger partial charge in [-0.05, 0) is 127 Å². The molecule has 2 aromatic rings. The van der Waals surface area contributed by atoms with E-state index in [0.29, 0.717) is 48.7 Å². The van der Waals surface area contributed by atoms with Gasteiger partial charge in [0.1, 0.15) is 0 Å². The second kappa shape index (κ2) is 8.35. The molecule has 1 unspecified atom stereocenters. The standard InChI is InChI=1S/C33H39NO3/c1-31-19-28-26-7-5-21(22-4-2-14-34-20-22)16-23(26)18-32-12-9-25(36)17-24(32)6-8-27(30(28)32)29(31)10-13-33(31,37)11-3-15-35/h2,4-5,7,14,16-17,20,27-30,35,37H,3,6,8-13,15,18-19H2,1H3/t27-,28+,29+,30+,31-,32?,33+/m0/s1. The number of nitrogens with zero attached hydrogens (tertiary/aromatic N) is 1. The average molecular weight is 498 g/mol. The molecule has 4 heteroatoms. The zero-order chi connectivity index (χ0) is 25.4. The first-order chi connectivity index (χ1) is 17.9. The van der Waals surface area contributed by atoms with Crippen LogP contribution in [0.15, 0.2) is 54.4 Å². The lowest BCUT2D eigenvalue weighted by Crippen LogP contribution is -2.59. The summed E-state index contributed by atoms with van der Waals surface area (Å²) in [6.07, 6.45) is 14.9. The van der Waals surface area contributed by atoms with Crippen molar-refractivity contribution >= 4 is 5.78 Å². The SMILES string of the molecule is C[C@]12C[C@@H]3c4ccc(-c5cccnc5)cc4CC45CCC(=O)C=C4CC[C@H]([C@H]35)[C@H]1CC[C@]2(O)CCCO. The van der Waals surface area contributed by atoms with Crippen molar-refractivity contribution < 1.29 is 15.0 Å². The van der Waals surface area contributed by atoms with E-state index in [2.05, 4.69) is 36.2 Å². The van der Waals surface area contributed by atoms with Crippen LogP contribution in [0.1, 0.15) is 81.8 Å². The number of ketones is 1. The molecule has 7 atom stereocenters. The fourth-order valence-electron chi connectivity index (χ4n) is 10.2. The summed E-state index contributed by atoms with van der Waals surface area (Å²) in [6.45, 7) is 2.52. The Bertz CT molecular complexity index is 1270. The van der Waals surface area contributed by atoms with E-state index >= 15 is 0 Å². The van der Waals surface area contributed by atoms with Crippen LogP contribution in [0, 0.1) is 28.6 Å². The molecule has 7 rings (SSSR count). The number of fused-ring (bicyclic) bond motifs is 4. The average Bonchev–Trinajstić information content (AvgIpc) is 3.18. The van der Waals surface area contributed by atoms with Gasteiger partial charge in [-0.25, -0.2) is 0 Å². The van der Waals surface area contributed by atoms with Crippen molar-refractivity contribution in [3.05, 3.63) is 65.5 Å². The molecule has 1 heterocycles. The van der Waals surface area contributed by atoms with Crippen LogP contribution in [0.2, 0.25) is 0 Å². The molecule has 0 radical (unpaired) electrons. The quantitative estimate of drug-likeness (QED) is 0.542. The summed E-state index contributed by atoms with van der Waals surface area (Å²) in [6, 6.07) is 11.2. The molecule has 3 fully saturated rings. The molecular weight excluding hydrogens is 458 g/mol. The number of rotatable bonds is 4. The Hall–Kier alpha value is -2.30. The van der Waals surface area contributed by atoms with E-state index in [4.69, 9.17) is 0 Å². The smallest absolute Gasteiger partial charge is 0.155 e. The molecule has 37 heavy (non-hydrogen) atoms. The summed E-state index contributed by atoms with van der Waals surface area (Å²) in [7, 11) is 0. The van der Waals surface area contributed by atoms with Crippen LogP contribution in [-0.4, -0.2) is 33.2 Å². The number of aliphatic hydroxyl groups excluding tert-OH is 1.